The molecule has 0 aliphatic heterocycles. The molecule has 0 amide bonds. The van der Waals surface area contributed by atoms with Gasteiger partial charge in [-0.3, -0.25) is 40.5 Å². The second-order valence-corrected chi connectivity index (χ2v) is 11.1. The average Bonchev–Trinajstić information content (AvgIpc) is 2.86. The van der Waals surface area contributed by atoms with Crippen molar-refractivity contribution in [2.24, 2.45) is 0 Å². The van der Waals surface area contributed by atoms with Crippen LogP contribution in [-0.4, -0.2) is 42.2 Å². The summed E-state index contributed by atoms with van der Waals surface area (Å²) in [6.07, 6.45) is 4.46. The van der Waals surface area contributed by atoms with Gasteiger partial charge in [0.1, 0.15) is 6.07 Å². The van der Waals surface area contributed by atoms with Crippen LogP contribution < -0.4 is 0 Å². The van der Waals surface area contributed by atoms with Crippen LogP contribution in [0.5, 0.6) is 5.75 Å². The molecule has 0 aromatic heterocycles. The van der Waals surface area contributed by atoms with Gasteiger partial charge in [0, 0.05) is 52.0 Å². The van der Waals surface area contributed by atoms with Crippen LogP contribution in [0, 0.1) is 45.4 Å². The quantitative estimate of drug-likeness (QED) is 0.184. The maximum Gasteiger partial charge on any atom is 0.373 e. The van der Waals surface area contributed by atoms with Gasteiger partial charge in [0.25, 0.3) is 27.7 Å². The van der Waals surface area contributed by atoms with Gasteiger partial charge in [0.2, 0.25) is 0 Å². The Morgan fingerprint density at radius 2 is 1.18 bits per heavy atom. The largest absolute Gasteiger partial charge is 0.497 e. The highest BCUT2D eigenvalue weighted by molar-refractivity contribution is 8.36. The summed E-state index contributed by atoms with van der Waals surface area (Å²) in [5, 5.41) is 54.8. The number of phenols is 1. The minimum absolute atomic E-state index is 0.180. The summed E-state index contributed by atoms with van der Waals surface area (Å²) in [5.74, 6) is -1.16. The molecule has 0 aliphatic rings. The van der Waals surface area contributed by atoms with Crippen molar-refractivity contribution >= 4 is 49.7 Å². The molecule has 0 radical (unpaired) electrons. The number of non-ortho nitro benzene ring substituents is 3. The van der Waals surface area contributed by atoms with Crippen molar-refractivity contribution in [3.63, 3.8) is 0 Å². The van der Waals surface area contributed by atoms with Crippen LogP contribution >= 0.6 is 10.3 Å². The van der Waals surface area contributed by atoms with Gasteiger partial charge in [-0.15, -0.1) is 0 Å². The number of nitro groups is 4. The molecule has 39 heavy (non-hydrogen) atoms. The monoisotopic (exact) mass is 560 g/mol. The number of nitro benzene ring substituents is 4. The van der Waals surface area contributed by atoms with E-state index in [1.54, 1.807) is 0 Å². The van der Waals surface area contributed by atoms with E-state index in [1.807, 2.05) is 0 Å². The molecule has 0 saturated carbocycles. The lowest BCUT2D eigenvalue weighted by atomic mass is 10.1. The highest BCUT2D eigenvalue weighted by atomic mass is 32.3. The van der Waals surface area contributed by atoms with Crippen LogP contribution in [0.25, 0.3) is 11.0 Å². The van der Waals surface area contributed by atoms with E-state index >= 15 is 0 Å². The van der Waals surface area contributed by atoms with E-state index in [0.717, 1.165) is 0 Å². The van der Waals surface area contributed by atoms with E-state index in [9.17, 15) is 50.5 Å². The molecule has 0 saturated heterocycles. The van der Waals surface area contributed by atoms with Crippen LogP contribution in [0.15, 0.2) is 60.7 Å². The predicted molar refractivity (Wildman–Crippen MR) is 139 cm³/mol. The molecule has 0 aliphatic carbocycles. The molecule has 3 aromatic rings. The number of benzene rings is 3. The van der Waals surface area contributed by atoms with Crippen molar-refractivity contribution in [2.45, 2.75) is 0 Å². The average molecular weight is 560 g/mol. The van der Waals surface area contributed by atoms with E-state index in [0.29, 0.717) is 28.2 Å². The van der Waals surface area contributed by atoms with Crippen LogP contribution in [0.3, 0.4) is 0 Å². The molecule has 202 valence electrons. The minimum atomic E-state index is -2.74. The first kappa shape index (κ1) is 28.1. The fourth-order valence-electron chi connectivity index (χ4n) is 3.32. The summed E-state index contributed by atoms with van der Waals surface area (Å²) in [5.41, 5.74) is -2.43. The molecule has 0 heterocycles. The van der Waals surface area contributed by atoms with Gasteiger partial charge in [-0.05, 0) is 41.5 Å². The van der Waals surface area contributed by atoms with E-state index in [1.165, 1.54) is 67.1 Å². The number of nitrogens with zero attached hydrogens (tertiary/aromatic N) is 5. The van der Waals surface area contributed by atoms with E-state index in [4.69, 9.17) is 4.28 Å². The lowest BCUT2D eigenvalue weighted by Gasteiger charge is -2.27. The van der Waals surface area contributed by atoms with Crippen LogP contribution in [0.1, 0.15) is 11.1 Å². The van der Waals surface area contributed by atoms with Gasteiger partial charge in [0.05, 0.1) is 30.7 Å². The second-order valence-electron chi connectivity index (χ2n) is 8.07. The smallest absolute Gasteiger partial charge is 0.373 e. The molecular weight excluding hydrogens is 542 g/mol. The van der Waals surface area contributed by atoms with Gasteiger partial charge < -0.3 is 5.11 Å². The first-order valence-electron chi connectivity index (χ1n) is 10.5. The lowest BCUT2D eigenvalue weighted by molar-refractivity contribution is -0.696. The van der Waals surface area contributed by atoms with Gasteiger partial charge >= 0.3 is 11.4 Å². The number of rotatable bonds is 10. The summed E-state index contributed by atoms with van der Waals surface area (Å²) >= 11 is 0. The molecule has 1 N–H and O–H groups in total. The third-order valence-electron chi connectivity index (χ3n) is 5.21. The third kappa shape index (κ3) is 6.28. The summed E-state index contributed by atoms with van der Waals surface area (Å²) < 4.78 is 5.55. The molecule has 16 nitrogen and oxygen atoms in total. The fourth-order valence-corrected chi connectivity index (χ4v) is 4.95. The van der Waals surface area contributed by atoms with Crippen LogP contribution in [-0.2, 0) is 4.28 Å². The maximum atomic E-state index is 13.0. The molecule has 0 unspecified atom stereocenters. The van der Waals surface area contributed by atoms with Crippen LogP contribution in [0.2, 0.25) is 0 Å². The van der Waals surface area contributed by atoms with E-state index < -0.39 is 52.8 Å². The fraction of sp³-hybridized carbons (Fsp3) is 0.0909. The molecule has 3 rings (SSSR count). The number of hydrogen-bond donors (Lipinski definition) is 1. The molecule has 0 atom stereocenters. The first-order chi connectivity index (χ1) is 18.2. The number of hydrogen-bond acceptors (Lipinski definition) is 11. The molecule has 3 aromatic carbocycles. The zero-order valence-electron chi connectivity index (χ0n) is 20.0. The normalized spacial score (nSPS) is 11.9. The summed E-state index contributed by atoms with van der Waals surface area (Å²) in [6.45, 7) is 0. The van der Waals surface area contributed by atoms with E-state index in [2.05, 4.69) is 0 Å². The zero-order chi connectivity index (χ0) is 29.1. The summed E-state index contributed by atoms with van der Waals surface area (Å²) in [4.78, 5) is 54.3. The Kier molecular flexibility index (Phi) is 7.85. The zero-order valence-corrected chi connectivity index (χ0v) is 20.8. The minimum Gasteiger partial charge on any atom is -0.497 e. The number of phenolic OH excluding ortho intramolecular Hbond substituents is 1. The Hall–Kier alpha value is -5.45. The van der Waals surface area contributed by atoms with E-state index in [-0.39, 0.29) is 16.3 Å². The Morgan fingerprint density at radius 1 is 0.718 bits per heavy atom. The predicted octanol–water partition coefficient (Wildman–Crippen LogP) is 5.54. The van der Waals surface area contributed by atoms with Gasteiger partial charge in [-0.25, -0.2) is 0 Å². The standard InChI is InChI=1S/C22H17N5O11S/c1-39(2,38-27(37)20-13-18(25(33)34)12-19(22(20)28)26(35)36)21(15-5-9-17(10-6-15)24(31)32)11-14-3-7-16(8-4-14)23(29)30/h3-13H,1-2H3/p+1/b21-11+. The lowest BCUT2D eigenvalue weighted by Crippen LogP contribution is -2.11. The van der Waals surface area contributed by atoms with Crippen molar-refractivity contribution in [3.8, 4) is 5.75 Å². The topological polar surface area (TPSA) is 222 Å². The van der Waals surface area contributed by atoms with Crippen molar-refractivity contribution in [3.05, 3.63) is 117 Å². The molecule has 0 fully saturated rings. The molecule has 0 spiro atoms. The highest BCUT2D eigenvalue weighted by Gasteiger charge is 2.38. The Labute approximate surface area is 219 Å². The molecule has 17 heteroatoms. The van der Waals surface area contributed by atoms with Crippen molar-refractivity contribution < 1.29 is 34.0 Å². The Balaban J connectivity index is 2.11. The number of aromatic hydroxyl groups is 1. The van der Waals surface area contributed by atoms with Gasteiger partial charge in [0.15, 0.2) is 0 Å². The first-order valence-corrected chi connectivity index (χ1v) is 12.9. The molecular formula is C22H18N5O11S+. The SMILES string of the molecule is CS(C)(O[N+](=O)c1cc([N+](=O)[O-])cc([N+](=O)[O-])c1O)/C(=C/c1ccc([N+](=O)[O-])cc1)c1ccc([N+](=O)[O-])cc1. The van der Waals surface area contributed by atoms with Crippen molar-refractivity contribution in [1.29, 1.82) is 0 Å². The molecule has 0 bridgehead atoms. The van der Waals surface area contributed by atoms with Gasteiger partial charge in [-0.2, -0.15) is 4.28 Å². The maximum absolute atomic E-state index is 13.0. The van der Waals surface area contributed by atoms with Gasteiger partial charge in [-0.1, -0.05) is 0 Å². The van der Waals surface area contributed by atoms with Crippen molar-refractivity contribution in [2.75, 3.05) is 12.5 Å². The Bertz CT molecular complexity index is 1540. The van der Waals surface area contributed by atoms with Crippen molar-refractivity contribution in [1.82, 2.24) is 0 Å². The summed E-state index contributed by atoms with van der Waals surface area (Å²) in [6, 6.07) is 11.6. The van der Waals surface area contributed by atoms with Crippen LogP contribution in [0.4, 0.5) is 28.4 Å². The Morgan fingerprint density at radius 3 is 1.64 bits per heavy atom. The summed E-state index contributed by atoms with van der Waals surface area (Å²) in [7, 11) is -2.74. The second kappa shape index (κ2) is 10.9. The third-order valence-corrected chi connectivity index (χ3v) is 7.13. The highest BCUT2D eigenvalue weighted by Crippen LogP contribution is 2.57.